The number of nitrogens with zero attached hydrogens (tertiary/aromatic N) is 2. The lowest BCUT2D eigenvalue weighted by molar-refractivity contribution is -0.122. The van der Waals surface area contributed by atoms with Crippen molar-refractivity contribution >= 4 is 39.3 Å². The lowest BCUT2D eigenvalue weighted by Gasteiger charge is -2.16. The van der Waals surface area contributed by atoms with Gasteiger partial charge in [0.2, 0.25) is 0 Å². The van der Waals surface area contributed by atoms with Crippen LogP contribution in [0.2, 0.25) is 0 Å². The number of rotatable bonds is 4. The third-order valence-corrected chi connectivity index (χ3v) is 5.12. The number of anilines is 1. The van der Waals surface area contributed by atoms with Crippen LogP contribution >= 0.6 is 0 Å². The molecule has 0 spiro atoms. The Labute approximate surface area is 178 Å². The van der Waals surface area contributed by atoms with Crippen LogP contribution in [0, 0.1) is 0 Å². The molecule has 2 N–H and O–H groups in total. The zero-order chi connectivity index (χ0) is 22.0. The van der Waals surface area contributed by atoms with Gasteiger partial charge in [-0.1, -0.05) is 30.3 Å². The molecule has 0 bridgehead atoms. The molecule has 7 nitrogen and oxygen atoms in total. The fourth-order valence-electron chi connectivity index (χ4n) is 3.55. The Morgan fingerprint density at radius 3 is 2.06 bits per heavy atom. The number of benzene rings is 3. The standard InChI is InChI=1S/C24H22N4O3/c1-27(2)17-9-7-8-16(14-17)24(31)26-25-22(29)15-28-20-12-5-3-10-18(20)23(30)19-11-4-6-13-21(19)28/h3-14H,15H2,1-2H3,(H,25,29)(H,26,31). The summed E-state index contributed by atoms with van der Waals surface area (Å²) in [5.41, 5.74) is 7.49. The lowest BCUT2D eigenvalue weighted by atomic mass is 10.1. The van der Waals surface area contributed by atoms with E-state index in [0.29, 0.717) is 27.4 Å². The summed E-state index contributed by atoms with van der Waals surface area (Å²) < 4.78 is 1.78. The Morgan fingerprint density at radius 1 is 0.839 bits per heavy atom. The summed E-state index contributed by atoms with van der Waals surface area (Å²) in [7, 11) is 3.77. The number of carbonyl (C=O) groups is 2. The minimum absolute atomic E-state index is 0.0562. The first kappa shape index (κ1) is 20.2. The summed E-state index contributed by atoms with van der Waals surface area (Å²) in [6.45, 7) is -0.0562. The molecule has 2 amide bonds. The summed E-state index contributed by atoms with van der Waals surface area (Å²) in [5, 5.41) is 1.08. The van der Waals surface area contributed by atoms with Crippen LogP contribution in [0.1, 0.15) is 10.4 Å². The number of aromatic nitrogens is 1. The van der Waals surface area contributed by atoms with Gasteiger partial charge in [-0.2, -0.15) is 0 Å². The van der Waals surface area contributed by atoms with Gasteiger partial charge in [-0.15, -0.1) is 0 Å². The third kappa shape index (κ3) is 3.98. The van der Waals surface area contributed by atoms with Crippen LogP contribution in [0.3, 0.4) is 0 Å². The van der Waals surface area contributed by atoms with Crippen LogP contribution in [0.4, 0.5) is 5.69 Å². The molecule has 0 saturated carbocycles. The van der Waals surface area contributed by atoms with Gasteiger partial charge < -0.3 is 9.47 Å². The summed E-state index contributed by atoms with van der Waals surface area (Å²) in [5.74, 6) is -0.817. The van der Waals surface area contributed by atoms with Crippen molar-refractivity contribution in [2.75, 3.05) is 19.0 Å². The number of carbonyl (C=O) groups excluding carboxylic acids is 2. The second-order valence-corrected chi connectivity index (χ2v) is 7.40. The molecule has 0 aliphatic rings. The van der Waals surface area contributed by atoms with Crippen molar-refractivity contribution in [1.82, 2.24) is 15.4 Å². The molecule has 0 unspecified atom stereocenters. The first-order valence-corrected chi connectivity index (χ1v) is 9.82. The maximum absolute atomic E-state index is 12.8. The molecule has 7 heteroatoms. The molecule has 31 heavy (non-hydrogen) atoms. The summed E-state index contributed by atoms with van der Waals surface area (Å²) in [6.07, 6.45) is 0. The summed E-state index contributed by atoms with van der Waals surface area (Å²) in [6, 6.07) is 21.4. The van der Waals surface area contributed by atoms with Crippen LogP contribution in [0.15, 0.2) is 77.6 Å². The van der Waals surface area contributed by atoms with Crippen molar-refractivity contribution < 1.29 is 9.59 Å². The summed E-state index contributed by atoms with van der Waals surface area (Å²) >= 11 is 0. The Hall–Kier alpha value is -4.13. The van der Waals surface area contributed by atoms with E-state index < -0.39 is 11.8 Å². The molecule has 0 radical (unpaired) electrons. The molecule has 4 aromatic rings. The fourth-order valence-corrected chi connectivity index (χ4v) is 3.55. The van der Waals surface area contributed by atoms with Crippen LogP contribution in [-0.2, 0) is 11.3 Å². The third-order valence-electron chi connectivity index (χ3n) is 5.12. The van der Waals surface area contributed by atoms with E-state index in [9.17, 15) is 14.4 Å². The van der Waals surface area contributed by atoms with E-state index in [-0.39, 0.29) is 12.0 Å². The van der Waals surface area contributed by atoms with E-state index in [1.54, 1.807) is 47.0 Å². The first-order chi connectivity index (χ1) is 15.0. The molecule has 156 valence electrons. The SMILES string of the molecule is CN(C)c1cccc(C(=O)NNC(=O)Cn2c3ccccc3c(=O)c3ccccc32)c1. The molecule has 0 aliphatic heterocycles. The largest absolute Gasteiger partial charge is 0.378 e. The molecule has 3 aromatic carbocycles. The lowest BCUT2D eigenvalue weighted by Crippen LogP contribution is -2.43. The molecular formula is C24H22N4O3. The molecule has 4 rings (SSSR count). The average Bonchev–Trinajstić information content (AvgIpc) is 2.80. The molecule has 0 fully saturated rings. The van der Waals surface area contributed by atoms with Crippen LogP contribution in [0.5, 0.6) is 0 Å². The highest BCUT2D eigenvalue weighted by molar-refractivity contribution is 5.97. The van der Waals surface area contributed by atoms with Gasteiger partial charge >= 0.3 is 0 Å². The van der Waals surface area contributed by atoms with Crippen molar-refractivity contribution in [2.45, 2.75) is 6.54 Å². The van der Waals surface area contributed by atoms with E-state index in [4.69, 9.17) is 0 Å². The number of para-hydroxylation sites is 2. The number of hydrogen-bond acceptors (Lipinski definition) is 4. The minimum atomic E-state index is -0.410. The van der Waals surface area contributed by atoms with E-state index >= 15 is 0 Å². The van der Waals surface area contributed by atoms with Crippen molar-refractivity contribution in [3.63, 3.8) is 0 Å². The second kappa shape index (κ2) is 8.31. The number of fused-ring (bicyclic) bond motifs is 2. The molecule has 0 saturated heterocycles. The minimum Gasteiger partial charge on any atom is -0.378 e. The predicted molar refractivity (Wildman–Crippen MR) is 122 cm³/mol. The monoisotopic (exact) mass is 414 g/mol. The zero-order valence-electron chi connectivity index (χ0n) is 17.3. The first-order valence-electron chi connectivity index (χ1n) is 9.82. The fraction of sp³-hybridized carbons (Fsp3) is 0.125. The number of nitrogens with one attached hydrogen (secondary N) is 2. The van der Waals surface area contributed by atoms with Gasteiger partial charge in [0, 0.05) is 36.1 Å². The van der Waals surface area contributed by atoms with Gasteiger partial charge in [0.25, 0.3) is 11.8 Å². The number of hydrogen-bond donors (Lipinski definition) is 2. The van der Waals surface area contributed by atoms with Gasteiger partial charge in [0.15, 0.2) is 5.43 Å². The average molecular weight is 414 g/mol. The van der Waals surface area contributed by atoms with Crippen molar-refractivity contribution in [3.8, 4) is 0 Å². The zero-order valence-corrected chi connectivity index (χ0v) is 17.3. The highest BCUT2D eigenvalue weighted by Crippen LogP contribution is 2.19. The van der Waals surface area contributed by atoms with Crippen molar-refractivity contribution in [1.29, 1.82) is 0 Å². The van der Waals surface area contributed by atoms with Crippen LogP contribution in [-0.4, -0.2) is 30.5 Å². The Morgan fingerprint density at radius 2 is 1.45 bits per heavy atom. The number of hydrazine groups is 1. The van der Waals surface area contributed by atoms with Gasteiger partial charge in [-0.3, -0.25) is 25.2 Å². The molecule has 1 aromatic heterocycles. The molecule has 1 heterocycles. The molecular weight excluding hydrogens is 392 g/mol. The van der Waals surface area contributed by atoms with E-state index in [2.05, 4.69) is 10.9 Å². The van der Waals surface area contributed by atoms with E-state index in [1.807, 2.05) is 49.3 Å². The topological polar surface area (TPSA) is 83.4 Å². The molecule has 0 aliphatic carbocycles. The van der Waals surface area contributed by atoms with Crippen LogP contribution < -0.4 is 21.2 Å². The maximum atomic E-state index is 12.8. The molecule has 0 atom stereocenters. The quantitative estimate of drug-likeness (QED) is 0.397. The van der Waals surface area contributed by atoms with E-state index in [0.717, 1.165) is 5.69 Å². The normalized spacial score (nSPS) is 10.8. The number of pyridine rings is 1. The highest BCUT2D eigenvalue weighted by Gasteiger charge is 2.14. The van der Waals surface area contributed by atoms with Crippen molar-refractivity contribution in [2.24, 2.45) is 0 Å². The number of amides is 2. The van der Waals surface area contributed by atoms with Gasteiger partial charge in [0.1, 0.15) is 6.54 Å². The Kier molecular flexibility index (Phi) is 5.41. The van der Waals surface area contributed by atoms with E-state index in [1.165, 1.54) is 0 Å². The van der Waals surface area contributed by atoms with Crippen LogP contribution in [0.25, 0.3) is 21.8 Å². The highest BCUT2D eigenvalue weighted by atomic mass is 16.2. The van der Waals surface area contributed by atoms with Gasteiger partial charge in [-0.25, -0.2) is 0 Å². The second-order valence-electron chi connectivity index (χ2n) is 7.40. The van der Waals surface area contributed by atoms with Gasteiger partial charge in [0.05, 0.1) is 11.0 Å². The predicted octanol–water partition coefficient (Wildman–Crippen LogP) is 2.68. The van der Waals surface area contributed by atoms with Crippen molar-refractivity contribution in [3.05, 3.63) is 88.6 Å². The summed E-state index contributed by atoms with van der Waals surface area (Å²) in [4.78, 5) is 39.8. The Bertz CT molecular complexity index is 1300. The van der Waals surface area contributed by atoms with Gasteiger partial charge in [-0.05, 0) is 42.5 Å². The smallest absolute Gasteiger partial charge is 0.269 e. The maximum Gasteiger partial charge on any atom is 0.269 e. The Balaban J connectivity index is 1.58.